The molecule has 0 radical (unpaired) electrons. The first-order valence-electron chi connectivity index (χ1n) is 5.69. The van der Waals surface area contributed by atoms with Crippen LogP contribution in [0.25, 0.3) is 11.1 Å². The molecule has 2 aromatic carbocycles. The summed E-state index contributed by atoms with van der Waals surface area (Å²) in [4.78, 5) is 14.7. The van der Waals surface area contributed by atoms with Gasteiger partial charge in [-0.3, -0.25) is 0 Å². The van der Waals surface area contributed by atoms with E-state index in [2.05, 4.69) is 58.5 Å². The van der Waals surface area contributed by atoms with Gasteiger partial charge in [0.25, 0.3) is 0 Å². The van der Waals surface area contributed by atoms with Crippen LogP contribution in [0.15, 0.2) is 77.9 Å². The van der Waals surface area contributed by atoms with Gasteiger partial charge in [-0.15, -0.1) is 0 Å². The number of nitrogens with one attached hydrogen (secondary N) is 2. The Bertz CT molecular complexity index is 557. The van der Waals surface area contributed by atoms with Gasteiger partial charge in [-0.1, -0.05) is 60.7 Å². The number of hydrogen-bond acceptors (Lipinski definition) is 1. The van der Waals surface area contributed by atoms with Crippen molar-refractivity contribution in [1.29, 1.82) is 0 Å². The predicted octanol–water partition coefficient (Wildman–Crippen LogP) is 3.06. The molecule has 0 saturated heterocycles. The maximum absolute atomic E-state index is 9.96. The number of imidazole rings is 1. The smallest absolute Gasteiger partial charge is 0.313 e. The van der Waals surface area contributed by atoms with Gasteiger partial charge in [0.1, 0.15) is 0 Å². The molecular formula is C15H14N2O. The standard InChI is InChI=1S/C12H10.C3H4N2O/c1-3-7-11(8-4-1)12-9-5-2-6-10-12;6-3-4-1-2-5-3/h1-10H;1-2H,(H2,4,5,6). The van der Waals surface area contributed by atoms with E-state index in [9.17, 15) is 4.79 Å². The molecule has 3 nitrogen and oxygen atoms in total. The second-order valence-corrected chi connectivity index (χ2v) is 3.68. The summed E-state index contributed by atoms with van der Waals surface area (Å²) < 4.78 is 0. The minimum atomic E-state index is -0.157. The van der Waals surface area contributed by atoms with Crippen LogP contribution < -0.4 is 5.69 Å². The quantitative estimate of drug-likeness (QED) is 0.672. The molecule has 0 unspecified atom stereocenters. The van der Waals surface area contributed by atoms with Gasteiger partial charge in [-0.05, 0) is 11.1 Å². The zero-order chi connectivity index (χ0) is 12.6. The third kappa shape index (κ3) is 3.49. The summed E-state index contributed by atoms with van der Waals surface area (Å²) in [6, 6.07) is 20.8. The highest BCUT2D eigenvalue weighted by molar-refractivity contribution is 5.62. The largest absolute Gasteiger partial charge is 0.322 e. The Balaban J connectivity index is 0.000000169. The molecule has 0 atom stereocenters. The highest BCUT2D eigenvalue weighted by atomic mass is 16.1. The van der Waals surface area contributed by atoms with Gasteiger partial charge in [0.2, 0.25) is 0 Å². The minimum absolute atomic E-state index is 0.157. The van der Waals surface area contributed by atoms with Crippen molar-refractivity contribution >= 4 is 0 Å². The molecule has 3 aromatic rings. The van der Waals surface area contributed by atoms with E-state index in [4.69, 9.17) is 0 Å². The SMILES string of the molecule is O=c1[nH]cc[nH]1.c1ccc(-c2ccccc2)cc1. The Labute approximate surface area is 105 Å². The van der Waals surface area contributed by atoms with Crippen LogP contribution in [0.3, 0.4) is 0 Å². The van der Waals surface area contributed by atoms with E-state index in [0.717, 1.165) is 0 Å². The lowest BCUT2D eigenvalue weighted by Gasteiger charge is -1.98. The van der Waals surface area contributed by atoms with Crippen molar-refractivity contribution in [2.45, 2.75) is 0 Å². The van der Waals surface area contributed by atoms with Crippen molar-refractivity contribution in [3.8, 4) is 11.1 Å². The van der Waals surface area contributed by atoms with Crippen molar-refractivity contribution in [3.63, 3.8) is 0 Å². The molecule has 0 bridgehead atoms. The molecule has 90 valence electrons. The van der Waals surface area contributed by atoms with Crippen LogP contribution in [0, 0.1) is 0 Å². The number of H-pyrrole nitrogens is 2. The first kappa shape index (κ1) is 11.9. The van der Waals surface area contributed by atoms with Gasteiger partial charge in [0.15, 0.2) is 0 Å². The maximum atomic E-state index is 9.96. The predicted molar refractivity (Wildman–Crippen MR) is 73.3 cm³/mol. The van der Waals surface area contributed by atoms with E-state index in [1.807, 2.05) is 12.1 Å². The molecule has 0 spiro atoms. The maximum Gasteiger partial charge on any atom is 0.322 e. The van der Waals surface area contributed by atoms with Gasteiger partial charge in [-0.2, -0.15) is 0 Å². The topological polar surface area (TPSA) is 48.6 Å². The van der Waals surface area contributed by atoms with E-state index in [-0.39, 0.29) is 5.69 Å². The molecule has 18 heavy (non-hydrogen) atoms. The Morgan fingerprint density at radius 1 is 0.611 bits per heavy atom. The fraction of sp³-hybridized carbons (Fsp3) is 0. The summed E-state index contributed by atoms with van der Waals surface area (Å²) in [5, 5.41) is 0. The van der Waals surface area contributed by atoms with E-state index >= 15 is 0 Å². The van der Waals surface area contributed by atoms with Crippen molar-refractivity contribution in [1.82, 2.24) is 9.97 Å². The average Bonchev–Trinajstić information content (AvgIpc) is 2.93. The van der Waals surface area contributed by atoms with Crippen LogP contribution >= 0.6 is 0 Å². The molecule has 1 heterocycles. The van der Waals surface area contributed by atoms with Crippen molar-refractivity contribution in [3.05, 3.63) is 83.5 Å². The van der Waals surface area contributed by atoms with Crippen LogP contribution in [0.5, 0.6) is 0 Å². The number of rotatable bonds is 1. The number of hydrogen-bond donors (Lipinski definition) is 2. The van der Waals surface area contributed by atoms with Crippen LogP contribution in [-0.4, -0.2) is 9.97 Å². The average molecular weight is 238 g/mol. The van der Waals surface area contributed by atoms with E-state index in [1.54, 1.807) is 12.4 Å². The van der Waals surface area contributed by atoms with Gasteiger partial charge in [-0.25, -0.2) is 4.79 Å². The summed E-state index contributed by atoms with van der Waals surface area (Å²) in [6.07, 6.45) is 3.09. The second kappa shape index (κ2) is 6.25. The van der Waals surface area contributed by atoms with Crippen molar-refractivity contribution in [2.24, 2.45) is 0 Å². The molecule has 0 amide bonds. The fourth-order valence-electron chi connectivity index (χ4n) is 1.54. The van der Waals surface area contributed by atoms with E-state index in [1.165, 1.54) is 11.1 Å². The Hall–Kier alpha value is -2.55. The normalized spacial score (nSPS) is 9.33. The van der Waals surface area contributed by atoms with Crippen LogP contribution in [0.4, 0.5) is 0 Å². The molecule has 0 saturated carbocycles. The highest BCUT2D eigenvalue weighted by Gasteiger charge is 1.91. The first-order chi connectivity index (χ1) is 8.86. The summed E-state index contributed by atoms with van der Waals surface area (Å²) in [7, 11) is 0. The molecule has 3 rings (SSSR count). The van der Waals surface area contributed by atoms with E-state index < -0.39 is 0 Å². The lowest BCUT2D eigenvalue weighted by atomic mass is 10.1. The van der Waals surface area contributed by atoms with Crippen molar-refractivity contribution in [2.75, 3.05) is 0 Å². The second-order valence-electron chi connectivity index (χ2n) is 3.68. The summed E-state index contributed by atoms with van der Waals surface area (Å²) in [5.74, 6) is 0. The zero-order valence-electron chi connectivity index (χ0n) is 9.84. The van der Waals surface area contributed by atoms with E-state index in [0.29, 0.717) is 0 Å². The number of aromatic amines is 2. The van der Waals surface area contributed by atoms with Gasteiger partial charge in [0.05, 0.1) is 0 Å². The molecule has 0 aliphatic carbocycles. The molecule has 0 aliphatic rings. The molecule has 1 aromatic heterocycles. The third-order valence-corrected chi connectivity index (χ3v) is 2.39. The molecule has 2 N–H and O–H groups in total. The lowest BCUT2D eigenvalue weighted by Crippen LogP contribution is -1.98. The number of benzene rings is 2. The van der Waals surface area contributed by atoms with Crippen molar-refractivity contribution < 1.29 is 0 Å². The van der Waals surface area contributed by atoms with Crippen LogP contribution in [0.1, 0.15) is 0 Å². The molecule has 0 fully saturated rings. The highest BCUT2D eigenvalue weighted by Crippen LogP contribution is 2.17. The summed E-state index contributed by atoms with van der Waals surface area (Å²) >= 11 is 0. The minimum Gasteiger partial charge on any atom is -0.313 e. The monoisotopic (exact) mass is 238 g/mol. The molecular weight excluding hydrogens is 224 g/mol. The molecule has 3 heteroatoms. The lowest BCUT2D eigenvalue weighted by molar-refractivity contribution is 1.19. The van der Waals surface area contributed by atoms with Gasteiger partial charge in [0, 0.05) is 12.4 Å². The van der Waals surface area contributed by atoms with Crippen LogP contribution in [0.2, 0.25) is 0 Å². The fourth-order valence-corrected chi connectivity index (χ4v) is 1.54. The van der Waals surface area contributed by atoms with Gasteiger partial charge >= 0.3 is 5.69 Å². The van der Waals surface area contributed by atoms with Gasteiger partial charge < -0.3 is 9.97 Å². The number of aromatic nitrogens is 2. The zero-order valence-corrected chi connectivity index (χ0v) is 9.84. The summed E-state index contributed by atoms with van der Waals surface area (Å²) in [6.45, 7) is 0. The Morgan fingerprint density at radius 3 is 1.28 bits per heavy atom. The Kier molecular flexibility index (Phi) is 4.14. The van der Waals surface area contributed by atoms with Crippen LogP contribution in [-0.2, 0) is 0 Å². The molecule has 0 aliphatic heterocycles. The first-order valence-corrected chi connectivity index (χ1v) is 5.69. The Morgan fingerprint density at radius 2 is 1.00 bits per heavy atom. The third-order valence-electron chi connectivity index (χ3n) is 2.39. The summed E-state index contributed by atoms with van der Waals surface area (Å²) in [5.41, 5.74) is 2.39.